The van der Waals surface area contributed by atoms with Crippen molar-refractivity contribution in [2.45, 2.75) is 39.7 Å². The fraction of sp³-hybridized carbons (Fsp3) is 0.750. The number of nitrogens with one attached hydrogen (secondary N) is 1. The molecule has 86 valence electrons. The number of aryl methyl sites for hydroxylation is 1. The van der Waals surface area contributed by atoms with Crippen LogP contribution >= 0.6 is 0 Å². The number of rotatable bonds is 4. The summed E-state index contributed by atoms with van der Waals surface area (Å²) in [4.78, 5) is 4.16. The highest BCUT2D eigenvalue weighted by Gasteiger charge is 2.17. The molecule has 15 heavy (non-hydrogen) atoms. The molecule has 0 aliphatic carbocycles. The second kappa shape index (κ2) is 4.79. The molecule has 1 rings (SSSR count). The molecule has 3 nitrogen and oxygen atoms in total. The molecule has 3 heteroatoms. The van der Waals surface area contributed by atoms with Crippen LogP contribution in [0.2, 0.25) is 0 Å². The van der Waals surface area contributed by atoms with E-state index in [4.69, 9.17) is 0 Å². The largest absolute Gasteiger partial charge is 0.336 e. The van der Waals surface area contributed by atoms with Crippen molar-refractivity contribution in [3.63, 3.8) is 0 Å². The molecular weight excluding hydrogens is 186 g/mol. The molecule has 0 saturated heterocycles. The molecule has 0 fully saturated rings. The summed E-state index contributed by atoms with van der Waals surface area (Å²) < 4.78 is 2.09. The molecule has 0 bridgehead atoms. The van der Waals surface area contributed by atoms with Crippen molar-refractivity contribution in [3.8, 4) is 0 Å². The van der Waals surface area contributed by atoms with Crippen LogP contribution in [-0.2, 0) is 7.05 Å². The SMILES string of the molecule is CNC(CCC(C)(C)C)c1cncn1C. The topological polar surface area (TPSA) is 29.9 Å². The Labute approximate surface area is 92.9 Å². The molecule has 1 N–H and O–H groups in total. The van der Waals surface area contributed by atoms with E-state index in [-0.39, 0.29) is 0 Å². The van der Waals surface area contributed by atoms with E-state index in [1.807, 2.05) is 26.6 Å². The summed E-state index contributed by atoms with van der Waals surface area (Å²) in [7, 11) is 4.06. The zero-order valence-electron chi connectivity index (χ0n) is 10.5. The van der Waals surface area contributed by atoms with E-state index in [1.165, 1.54) is 12.1 Å². The van der Waals surface area contributed by atoms with E-state index in [2.05, 4.69) is 35.6 Å². The second-order valence-corrected chi connectivity index (χ2v) is 5.37. The van der Waals surface area contributed by atoms with Crippen molar-refractivity contribution in [2.75, 3.05) is 7.05 Å². The normalized spacial score (nSPS) is 14.2. The van der Waals surface area contributed by atoms with Gasteiger partial charge in [-0.25, -0.2) is 4.98 Å². The van der Waals surface area contributed by atoms with Crippen LogP contribution in [0, 0.1) is 5.41 Å². The number of imidazole rings is 1. The summed E-state index contributed by atoms with van der Waals surface area (Å²) in [6.07, 6.45) is 6.17. The Hall–Kier alpha value is -0.830. The standard InChI is InChI=1S/C12H23N3/c1-12(2,3)7-6-10(13-4)11-8-14-9-15(11)5/h8-10,13H,6-7H2,1-5H3. The van der Waals surface area contributed by atoms with Crippen molar-refractivity contribution >= 4 is 0 Å². The summed E-state index contributed by atoms with van der Waals surface area (Å²) in [6.45, 7) is 6.84. The van der Waals surface area contributed by atoms with Crippen LogP contribution in [0.15, 0.2) is 12.5 Å². The van der Waals surface area contributed by atoms with E-state index >= 15 is 0 Å². The molecule has 0 aliphatic heterocycles. The predicted octanol–water partition coefficient (Wildman–Crippen LogP) is 2.51. The fourth-order valence-electron chi connectivity index (χ4n) is 1.72. The average Bonchev–Trinajstić information content (AvgIpc) is 2.52. The molecule has 1 unspecified atom stereocenters. The first-order valence-electron chi connectivity index (χ1n) is 5.57. The molecule has 1 atom stereocenters. The molecule has 0 aliphatic rings. The third-order valence-electron chi connectivity index (χ3n) is 2.74. The van der Waals surface area contributed by atoms with Gasteiger partial charge in [-0.2, -0.15) is 0 Å². The Balaban J connectivity index is 2.61. The third-order valence-corrected chi connectivity index (χ3v) is 2.74. The van der Waals surface area contributed by atoms with Crippen LogP contribution in [0.3, 0.4) is 0 Å². The highest BCUT2D eigenvalue weighted by atomic mass is 15.1. The maximum Gasteiger partial charge on any atom is 0.0946 e. The summed E-state index contributed by atoms with van der Waals surface area (Å²) in [5.41, 5.74) is 1.66. The number of hydrogen-bond donors (Lipinski definition) is 1. The number of aromatic nitrogens is 2. The fourth-order valence-corrected chi connectivity index (χ4v) is 1.72. The number of nitrogens with zero attached hydrogens (tertiary/aromatic N) is 2. The first kappa shape index (κ1) is 12.2. The van der Waals surface area contributed by atoms with Crippen molar-refractivity contribution in [1.82, 2.24) is 14.9 Å². The monoisotopic (exact) mass is 209 g/mol. The summed E-state index contributed by atoms with van der Waals surface area (Å²) >= 11 is 0. The lowest BCUT2D eigenvalue weighted by Crippen LogP contribution is -2.21. The molecule has 0 amide bonds. The number of hydrogen-bond acceptors (Lipinski definition) is 2. The second-order valence-electron chi connectivity index (χ2n) is 5.37. The van der Waals surface area contributed by atoms with Crippen LogP contribution < -0.4 is 5.32 Å². The smallest absolute Gasteiger partial charge is 0.0946 e. The highest BCUT2D eigenvalue weighted by Crippen LogP contribution is 2.26. The van der Waals surface area contributed by atoms with Gasteiger partial charge < -0.3 is 9.88 Å². The van der Waals surface area contributed by atoms with Gasteiger partial charge in [-0.3, -0.25) is 0 Å². The maximum atomic E-state index is 4.16. The van der Waals surface area contributed by atoms with Crippen molar-refractivity contribution < 1.29 is 0 Å². The summed E-state index contributed by atoms with van der Waals surface area (Å²) in [5, 5.41) is 3.36. The Morgan fingerprint density at radius 1 is 1.47 bits per heavy atom. The van der Waals surface area contributed by atoms with Gasteiger partial charge in [0, 0.05) is 19.3 Å². The van der Waals surface area contributed by atoms with Crippen molar-refractivity contribution in [3.05, 3.63) is 18.2 Å². The van der Waals surface area contributed by atoms with Crippen LogP contribution in [0.5, 0.6) is 0 Å². The Morgan fingerprint density at radius 3 is 2.53 bits per heavy atom. The first-order chi connectivity index (χ1) is 6.94. The van der Waals surface area contributed by atoms with E-state index in [9.17, 15) is 0 Å². The van der Waals surface area contributed by atoms with Crippen LogP contribution in [0.1, 0.15) is 45.3 Å². The van der Waals surface area contributed by atoms with E-state index < -0.39 is 0 Å². The average molecular weight is 209 g/mol. The van der Waals surface area contributed by atoms with Gasteiger partial charge in [0.25, 0.3) is 0 Å². The zero-order chi connectivity index (χ0) is 11.5. The van der Waals surface area contributed by atoms with Crippen LogP contribution in [0.4, 0.5) is 0 Å². The Morgan fingerprint density at radius 2 is 2.13 bits per heavy atom. The Bertz CT molecular complexity index is 296. The van der Waals surface area contributed by atoms with Gasteiger partial charge in [0.2, 0.25) is 0 Å². The quantitative estimate of drug-likeness (QED) is 0.825. The van der Waals surface area contributed by atoms with E-state index in [1.54, 1.807) is 0 Å². The van der Waals surface area contributed by atoms with Gasteiger partial charge in [0.1, 0.15) is 0 Å². The van der Waals surface area contributed by atoms with Gasteiger partial charge in [0.15, 0.2) is 0 Å². The summed E-state index contributed by atoms with van der Waals surface area (Å²) in [5.74, 6) is 0. The molecule has 0 spiro atoms. The van der Waals surface area contributed by atoms with Gasteiger partial charge in [-0.15, -0.1) is 0 Å². The minimum Gasteiger partial charge on any atom is -0.336 e. The lowest BCUT2D eigenvalue weighted by atomic mass is 9.88. The first-order valence-corrected chi connectivity index (χ1v) is 5.57. The summed E-state index contributed by atoms with van der Waals surface area (Å²) in [6, 6.07) is 0.414. The molecular formula is C12H23N3. The van der Waals surface area contributed by atoms with Gasteiger partial charge in [0.05, 0.1) is 12.0 Å². The lowest BCUT2D eigenvalue weighted by Gasteiger charge is -2.23. The van der Waals surface area contributed by atoms with Gasteiger partial charge in [-0.05, 0) is 25.3 Å². The molecule has 1 aromatic heterocycles. The molecule has 0 aromatic carbocycles. The minimum atomic E-state index is 0.397. The Kier molecular flexibility index (Phi) is 3.91. The lowest BCUT2D eigenvalue weighted by molar-refractivity contribution is 0.334. The molecule has 0 radical (unpaired) electrons. The molecule has 0 saturated carbocycles. The van der Waals surface area contributed by atoms with Gasteiger partial charge in [-0.1, -0.05) is 20.8 Å². The highest BCUT2D eigenvalue weighted by molar-refractivity contribution is 5.04. The minimum absolute atomic E-state index is 0.397. The van der Waals surface area contributed by atoms with E-state index in [0.29, 0.717) is 11.5 Å². The van der Waals surface area contributed by atoms with Gasteiger partial charge >= 0.3 is 0 Å². The van der Waals surface area contributed by atoms with Crippen molar-refractivity contribution in [2.24, 2.45) is 12.5 Å². The van der Waals surface area contributed by atoms with Crippen molar-refractivity contribution in [1.29, 1.82) is 0 Å². The van der Waals surface area contributed by atoms with E-state index in [0.717, 1.165) is 6.42 Å². The van der Waals surface area contributed by atoms with Crippen LogP contribution in [0.25, 0.3) is 0 Å². The van der Waals surface area contributed by atoms with Crippen LogP contribution in [-0.4, -0.2) is 16.6 Å². The zero-order valence-corrected chi connectivity index (χ0v) is 10.5. The molecule has 1 aromatic rings. The molecule has 1 heterocycles. The maximum absolute atomic E-state index is 4.16. The third kappa shape index (κ3) is 3.67. The predicted molar refractivity (Wildman–Crippen MR) is 63.7 cm³/mol.